The number of hydrogen-bond acceptors (Lipinski definition) is 8. The Morgan fingerprint density at radius 3 is 2.68 bits per heavy atom. The van der Waals surface area contributed by atoms with Crippen molar-refractivity contribution in [3.05, 3.63) is 54.5 Å². The van der Waals surface area contributed by atoms with Gasteiger partial charge < -0.3 is 20.1 Å². The molecule has 25 heavy (non-hydrogen) atoms. The van der Waals surface area contributed by atoms with E-state index in [2.05, 4.69) is 30.8 Å². The van der Waals surface area contributed by atoms with Crippen LogP contribution in [0.3, 0.4) is 0 Å². The predicted molar refractivity (Wildman–Crippen MR) is 94.2 cm³/mol. The van der Waals surface area contributed by atoms with Gasteiger partial charge in [-0.3, -0.25) is 4.98 Å². The molecule has 0 bridgehead atoms. The lowest BCUT2D eigenvalue weighted by atomic mass is 10.3. The lowest BCUT2D eigenvalue weighted by Gasteiger charge is -2.11. The van der Waals surface area contributed by atoms with Gasteiger partial charge in [-0.05, 0) is 24.3 Å². The van der Waals surface area contributed by atoms with E-state index in [1.807, 2.05) is 24.3 Å². The Morgan fingerprint density at radius 1 is 1.04 bits per heavy atom. The number of hydrogen-bond donors (Lipinski definition) is 2. The molecule has 8 heteroatoms. The minimum atomic E-state index is 0.373. The molecule has 128 valence electrons. The molecule has 8 nitrogen and oxygen atoms in total. The molecule has 0 fully saturated rings. The fourth-order valence-corrected chi connectivity index (χ4v) is 2.17. The molecule has 0 aliphatic carbocycles. The van der Waals surface area contributed by atoms with Gasteiger partial charge >= 0.3 is 0 Å². The third-order valence-electron chi connectivity index (χ3n) is 3.38. The van der Waals surface area contributed by atoms with Gasteiger partial charge in [0, 0.05) is 18.0 Å². The molecule has 0 saturated carbocycles. The molecule has 1 aromatic carbocycles. The van der Waals surface area contributed by atoms with E-state index < -0.39 is 0 Å². The molecule has 2 heterocycles. The van der Waals surface area contributed by atoms with E-state index in [9.17, 15) is 0 Å². The van der Waals surface area contributed by atoms with Gasteiger partial charge in [0.25, 0.3) is 0 Å². The highest BCUT2D eigenvalue weighted by molar-refractivity contribution is 5.60. The van der Waals surface area contributed by atoms with Crippen molar-refractivity contribution < 1.29 is 9.47 Å². The van der Waals surface area contributed by atoms with Crippen LogP contribution in [0.25, 0.3) is 0 Å². The number of ether oxygens (including phenoxy) is 2. The fourth-order valence-electron chi connectivity index (χ4n) is 2.17. The van der Waals surface area contributed by atoms with Gasteiger partial charge in [0.05, 0.1) is 32.7 Å². The molecule has 0 aliphatic rings. The molecule has 2 aromatic heterocycles. The zero-order valence-corrected chi connectivity index (χ0v) is 13.9. The lowest BCUT2D eigenvalue weighted by Crippen LogP contribution is -2.06. The number of aromatic nitrogens is 4. The normalized spacial score (nSPS) is 10.2. The average molecular weight is 338 g/mol. The molecule has 0 unspecified atom stereocenters. The molecular weight excluding hydrogens is 320 g/mol. The maximum atomic E-state index is 5.29. The monoisotopic (exact) mass is 338 g/mol. The van der Waals surface area contributed by atoms with Crippen molar-refractivity contribution in [2.45, 2.75) is 6.54 Å². The van der Waals surface area contributed by atoms with Crippen LogP contribution in [0.5, 0.6) is 11.5 Å². The minimum Gasteiger partial charge on any atom is -0.493 e. The summed E-state index contributed by atoms with van der Waals surface area (Å²) in [5.74, 6) is 2.24. The molecule has 0 radical (unpaired) electrons. The topological polar surface area (TPSA) is 94.1 Å². The second-order valence-electron chi connectivity index (χ2n) is 5.03. The number of benzene rings is 1. The van der Waals surface area contributed by atoms with Gasteiger partial charge in [0.2, 0.25) is 5.95 Å². The van der Waals surface area contributed by atoms with E-state index in [1.54, 1.807) is 38.7 Å². The van der Waals surface area contributed by atoms with Crippen molar-refractivity contribution >= 4 is 17.5 Å². The summed E-state index contributed by atoms with van der Waals surface area (Å²) in [6.45, 7) is 0.551. The van der Waals surface area contributed by atoms with Crippen molar-refractivity contribution in [3.8, 4) is 11.5 Å². The Kier molecular flexibility index (Phi) is 5.20. The van der Waals surface area contributed by atoms with Gasteiger partial charge in [-0.25, -0.2) is 0 Å². The summed E-state index contributed by atoms with van der Waals surface area (Å²) < 4.78 is 10.5. The summed E-state index contributed by atoms with van der Waals surface area (Å²) in [7, 11) is 3.18. The first-order valence-electron chi connectivity index (χ1n) is 7.61. The van der Waals surface area contributed by atoms with Gasteiger partial charge in [-0.15, -0.1) is 5.10 Å². The largest absolute Gasteiger partial charge is 0.493 e. The van der Waals surface area contributed by atoms with E-state index in [4.69, 9.17) is 9.47 Å². The Hall–Kier alpha value is -3.42. The molecule has 0 aliphatic heterocycles. The van der Waals surface area contributed by atoms with Crippen molar-refractivity contribution in [1.29, 1.82) is 0 Å². The van der Waals surface area contributed by atoms with E-state index in [0.29, 0.717) is 29.8 Å². The molecule has 3 aromatic rings. The summed E-state index contributed by atoms with van der Waals surface area (Å²) in [6.07, 6.45) is 3.31. The van der Waals surface area contributed by atoms with Crippen LogP contribution in [0.15, 0.2) is 48.8 Å². The van der Waals surface area contributed by atoms with Crippen LogP contribution in [0.1, 0.15) is 5.69 Å². The highest BCUT2D eigenvalue weighted by Gasteiger charge is 2.07. The van der Waals surface area contributed by atoms with E-state index in [0.717, 1.165) is 11.4 Å². The highest BCUT2D eigenvalue weighted by Crippen LogP contribution is 2.30. The summed E-state index contributed by atoms with van der Waals surface area (Å²) >= 11 is 0. The van der Waals surface area contributed by atoms with E-state index in [1.165, 1.54) is 0 Å². The second-order valence-corrected chi connectivity index (χ2v) is 5.03. The molecule has 2 N–H and O–H groups in total. The number of methoxy groups -OCH3 is 2. The number of anilines is 3. The van der Waals surface area contributed by atoms with Gasteiger partial charge in [-0.2, -0.15) is 10.1 Å². The summed E-state index contributed by atoms with van der Waals surface area (Å²) in [6, 6.07) is 11.2. The van der Waals surface area contributed by atoms with Gasteiger partial charge in [0.15, 0.2) is 17.3 Å². The fraction of sp³-hybridized carbons (Fsp3) is 0.176. The van der Waals surface area contributed by atoms with Gasteiger partial charge in [0.1, 0.15) is 0 Å². The summed E-state index contributed by atoms with van der Waals surface area (Å²) in [4.78, 5) is 8.64. The van der Waals surface area contributed by atoms with Crippen molar-refractivity contribution in [1.82, 2.24) is 20.2 Å². The minimum absolute atomic E-state index is 0.373. The van der Waals surface area contributed by atoms with Crippen LogP contribution in [0.2, 0.25) is 0 Å². The quantitative estimate of drug-likeness (QED) is 0.679. The van der Waals surface area contributed by atoms with Crippen molar-refractivity contribution in [2.24, 2.45) is 0 Å². The first-order chi connectivity index (χ1) is 12.3. The summed E-state index contributed by atoms with van der Waals surface area (Å²) in [5.41, 5.74) is 1.68. The Labute approximate surface area is 145 Å². The van der Waals surface area contributed by atoms with Crippen LogP contribution in [-0.2, 0) is 6.54 Å². The molecule has 0 saturated heterocycles. The molecule has 0 amide bonds. The molecule has 0 atom stereocenters. The Balaban J connectivity index is 1.69. The molecule has 0 spiro atoms. The SMILES string of the molecule is COc1ccc(Nc2nncc(NCc3ccccn3)n2)cc1OC. The van der Waals surface area contributed by atoms with Crippen LogP contribution < -0.4 is 20.1 Å². The van der Waals surface area contributed by atoms with Crippen LogP contribution in [0.4, 0.5) is 17.5 Å². The van der Waals surface area contributed by atoms with Crippen molar-refractivity contribution in [3.63, 3.8) is 0 Å². The zero-order valence-electron chi connectivity index (χ0n) is 13.9. The maximum absolute atomic E-state index is 5.29. The van der Waals surface area contributed by atoms with E-state index >= 15 is 0 Å². The highest BCUT2D eigenvalue weighted by atomic mass is 16.5. The first-order valence-corrected chi connectivity index (χ1v) is 7.61. The van der Waals surface area contributed by atoms with Crippen molar-refractivity contribution in [2.75, 3.05) is 24.9 Å². The van der Waals surface area contributed by atoms with Crippen LogP contribution in [0, 0.1) is 0 Å². The standard InChI is InChI=1S/C17H18N6O2/c1-24-14-7-6-12(9-15(14)25-2)21-17-22-16(11-20-23-17)19-10-13-5-3-4-8-18-13/h3-9,11H,10H2,1-2H3,(H2,19,21,22,23). The first kappa shape index (κ1) is 16.4. The summed E-state index contributed by atoms with van der Waals surface area (Å²) in [5, 5.41) is 14.2. The van der Waals surface area contributed by atoms with Crippen LogP contribution in [-0.4, -0.2) is 34.4 Å². The van der Waals surface area contributed by atoms with Crippen LogP contribution >= 0.6 is 0 Å². The Bertz CT molecular complexity index is 828. The smallest absolute Gasteiger partial charge is 0.249 e. The number of nitrogens with zero attached hydrogens (tertiary/aromatic N) is 4. The number of nitrogens with one attached hydrogen (secondary N) is 2. The number of rotatable bonds is 7. The predicted octanol–water partition coefficient (Wildman–Crippen LogP) is 2.64. The molecular formula is C17H18N6O2. The third-order valence-corrected chi connectivity index (χ3v) is 3.38. The number of pyridine rings is 1. The van der Waals surface area contributed by atoms with E-state index in [-0.39, 0.29) is 0 Å². The molecule has 3 rings (SSSR count). The zero-order chi connectivity index (χ0) is 17.5. The third kappa shape index (κ3) is 4.31. The second kappa shape index (κ2) is 7.91. The maximum Gasteiger partial charge on any atom is 0.249 e. The lowest BCUT2D eigenvalue weighted by molar-refractivity contribution is 0.355. The Morgan fingerprint density at radius 2 is 1.92 bits per heavy atom. The van der Waals surface area contributed by atoms with Gasteiger partial charge in [-0.1, -0.05) is 6.07 Å². The average Bonchev–Trinajstić information content (AvgIpc) is 2.67.